The Balaban J connectivity index is 2.51. The van der Waals surface area contributed by atoms with Gasteiger partial charge in [0.1, 0.15) is 16.5 Å². The highest BCUT2D eigenvalue weighted by Gasteiger charge is 2.32. The third-order valence-electron chi connectivity index (χ3n) is 2.11. The van der Waals surface area contributed by atoms with Gasteiger partial charge in [0.25, 0.3) is 0 Å². The highest BCUT2D eigenvalue weighted by atomic mass is 35.5. The number of hydrogen-bond donors (Lipinski definition) is 0. The van der Waals surface area contributed by atoms with Crippen LogP contribution in [0.25, 0.3) is 0 Å². The molecule has 2 heterocycles. The molecule has 0 saturated heterocycles. The number of nitrogens with zero attached hydrogens (tertiary/aromatic N) is 1. The number of halogens is 1. The number of Topliss-reactive ketones (excluding diaryl/α,β-unsaturated/α-hetero) is 1. The summed E-state index contributed by atoms with van der Waals surface area (Å²) in [6.07, 6.45) is 1.85. The van der Waals surface area contributed by atoms with Gasteiger partial charge in [-0.2, -0.15) is 0 Å². The Morgan fingerprint density at radius 3 is 3.00 bits per heavy atom. The van der Waals surface area contributed by atoms with Crippen LogP contribution in [0.3, 0.4) is 0 Å². The lowest BCUT2D eigenvalue weighted by Crippen LogP contribution is -2.35. The van der Waals surface area contributed by atoms with E-state index in [0.717, 1.165) is 0 Å². The number of carbonyl (C=O) groups excluding carboxylic acids is 1. The Bertz CT molecular complexity index is 401. The minimum Gasteiger partial charge on any atom is -0.486 e. The van der Waals surface area contributed by atoms with Gasteiger partial charge >= 0.3 is 0 Å². The van der Waals surface area contributed by atoms with Crippen LogP contribution in [0.2, 0.25) is 5.15 Å². The summed E-state index contributed by atoms with van der Waals surface area (Å²) in [7, 11) is 0. The van der Waals surface area contributed by atoms with E-state index >= 15 is 0 Å². The SMILES string of the molecule is CC1(C)CC(=O)c2cnc(Cl)cc2O1. The largest absolute Gasteiger partial charge is 0.486 e. The molecule has 0 bridgehead atoms. The molecule has 0 N–H and O–H groups in total. The average molecular weight is 212 g/mol. The predicted molar refractivity (Wildman–Crippen MR) is 52.9 cm³/mol. The average Bonchev–Trinajstić information content (AvgIpc) is 2.00. The van der Waals surface area contributed by atoms with Crippen molar-refractivity contribution in [3.63, 3.8) is 0 Å². The second-order valence-corrected chi connectivity index (χ2v) is 4.35. The minimum atomic E-state index is -0.450. The summed E-state index contributed by atoms with van der Waals surface area (Å²) >= 11 is 5.72. The van der Waals surface area contributed by atoms with Crippen LogP contribution in [0, 0.1) is 0 Å². The Labute approximate surface area is 87.0 Å². The quantitative estimate of drug-likeness (QED) is 0.619. The molecule has 0 spiro atoms. The van der Waals surface area contributed by atoms with Crippen molar-refractivity contribution in [3.05, 3.63) is 23.0 Å². The molecule has 0 atom stereocenters. The lowest BCUT2D eigenvalue weighted by molar-refractivity contribution is 0.0619. The molecule has 0 aliphatic carbocycles. The summed E-state index contributed by atoms with van der Waals surface area (Å²) in [5.41, 5.74) is 0.0723. The van der Waals surface area contributed by atoms with Crippen molar-refractivity contribution in [3.8, 4) is 5.75 Å². The van der Waals surface area contributed by atoms with E-state index in [0.29, 0.717) is 22.9 Å². The van der Waals surface area contributed by atoms with Gasteiger partial charge in [0.2, 0.25) is 0 Å². The maximum Gasteiger partial charge on any atom is 0.172 e. The van der Waals surface area contributed by atoms with Crippen molar-refractivity contribution in [2.75, 3.05) is 0 Å². The van der Waals surface area contributed by atoms with Crippen molar-refractivity contribution in [2.24, 2.45) is 0 Å². The molecule has 0 aromatic carbocycles. The van der Waals surface area contributed by atoms with Gasteiger partial charge in [-0.05, 0) is 13.8 Å². The molecule has 74 valence electrons. The summed E-state index contributed by atoms with van der Waals surface area (Å²) < 4.78 is 5.63. The van der Waals surface area contributed by atoms with Gasteiger partial charge in [0.05, 0.1) is 12.0 Å². The maximum absolute atomic E-state index is 11.6. The molecule has 0 fully saturated rings. The van der Waals surface area contributed by atoms with E-state index in [4.69, 9.17) is 16.3 Å². The molecule has 0 saturated carbocycles. The number of ketones is 1. The van der Waals surface area contributed by atoms with Gasteiger partial charge in [0, 0.05) is 12.3 Å². The number of carbonyl (C=O) groups is 1. The van der Waals surface area contributed by atoms with Crippen LogP contribution in [0.15, 0.2) is 12.3 Å². The molecule has 2 rings (SSSR count). The highest BCUT2D eigenvalue weighted by Crippen LogP contribution is 2.33. The summed E-state index contributed by atoms with van der Waals surface area (Å²) in [6, 6.07) is 1.58. The topological polar surface area (TPSA) is 39.2 Å². The van der Waals surface area contributed by atoms with Crippen molar-refractivity contribution in [1.29, 1.82) is 0 Å². The standard InChI is InChI=1S/C10H10ClNO2/c1-10(2)4-7(13)6-5-12-9(11)3-8(6)14-10/h3,5H,4H2,1-2H3. The van der Waals surface area contributed by atoms with Crippen LogP contribution in [-0.2, 0) is 0 Å². The van der Waals surface area contributed by atoms with E-state index < -0.39 is 5.60 Å². The molecule has 0 radical (unpaired) electrons. The summed E-state index contributed by atoms with van der Waals surface area (Å²) in [4.78, 5) is 15.5. The van der Waals surface area contributed by atoms with Gasteiger partial charge in [-0.15, -0.1) is 0 Å². The molecule has 14 heavy (non-hydrogen) atoms. The van der Waals surface area contributed by atoms with E-state index in [2.05, 4.69) is 4.98 Å². The Morgan fingerprint density at radius 1 is 1.57 bits per heavy atom. The summed E-state index contributed by atoms with van der Waals surface area (Å²) in [6.45, 7) is 3.75. The first-order valence-corrected chi connectivity index (χ1v) is 4.73. The molecule has 1 aromatic rings. The van der Waals surface area contributed by atoms with E-state index in [9.17, 15) is 4.79 Å². The van der Waals surface area contributed by atoms with Crippen molar-refractivity contribution >= 4 is 17.4 Å². The lowest BCUT2D eigenvalue weighted by Gasteiger charge is -2.31. The second-order valence-electron chi connectivity index (χ2n) is 3.96. The van der Waals surface area contributed by atoms with E-state index in [1.165, 1.54) is 6.20 Å². The van der Waals surface area contributed by atoms with Crippen LogP contribution in [0.5, 0.6) is 5.75 Å². The van der Waals surface area contributed by atoms with Crippen LogP contribution >= 0.6 is 11.6 Å². The first-order valence-electron chi connectivity index (χ1n) is 4.36. The number of rotatable bonds is 0. The summed E-state index contributed by atoms with van der Waals surface area (Å²) in [5.74, 6) is 0.590. The third-order valence-corrected chi connectivity index (χ3v) is 2.31. The molecule has 1 aromatic heterocycles. The molecule has 3 nitrogen and oxygen atoms in total. The zero-order valence-corrected chi connectivity index (χ0v) is 8.76. The van der Waals surface area contributed by atoms with E-state index in [-0.39, 0.29) is 5.78 Å². The molecule has 1 aliphatic rings. The zero-order chi connectivity index (χ0) is 10.3. The Morgan fingerprint density at radius 2 is 2.29 bits per heavy atom. The van der Waals surface area contributed by atoms with Gasteiger partial charge in [-0.1, -0.05) is 11.6 Å². The number of pyridine rings is 1. The lowest BCUT2D eigenvalue weighted by atomic mass is 9.94. The third kappa shape index (κ3) is 1.60. The molecule has 0 unspecified atom stereocenters. The molecular formula is C10H10ClNO2. The van der Waals surface area contributed by atoms with Gasteiger partial charge in [-0.25, -0.2) is 4.98 Å². The Hall–Kier alpha value is -1.09. The monoisotopic (exact) mass is 211 g/mol. The molecule has 4 heteroatoms. The number of hydrogen-bond acceptors (Lipinski definition) is 3. The zero-order valence-electron chi connectivity index (χ0n) is 8.00. The van der Waals surface area contributed by atoms with Gasteiger partial charge < -0.3 is 4.74 Å². The van der Waals surface area contributed by atoms with Crippen molar-refractivity contribution in [1.82, 2.24) is 4.98 Å². The summed E-state index contributed by atoms with van der Waals surface area (Å²) in [5, 5.41) is 0.342. The Kier molecular flexibility index (Phi) is 2.00. The first-order chi connectivity index (χ1) is 6.48. The van der Waals surface area contributed by atoms with Crippen LogP contribution in [0.1, 0.15) is 30.6 Å². The van der Waals surface area contributed by atoms with Gasteiger partial charge in [0.15, 0.2) is 5.78 Å². The predicted octanol–water partition coefficient (Wildman–Crippen LogP) is 2.48. The fourth-order valence-corrected chi connectivity index (χ4v) is 1.67. The first kappa shape index (κ1) is 9.46. The number of ether oxygens (including phenoxy) is 1. The smallest absolute Gasteiger partial charge is 0.172 e. The van der Waals surface area contributed by atoms with Crippen LogP contribution in [-0.4, -0.2) is 16.4 Å². The van der Waals surface area contributed by atoms with E-state index in [1.807, 2.05) is 13.8 Å². The minimum absolute atomic E-state index is 0.0559. The number of aromatic nitrogens is 1. The van der Waals surface area contributed by atoms with Crippen molar-refractivity contribution < 1.29 is 9.53 Å². The highest BCUT2D eigenvalue weighted by molar-refractivity contribution is 6.29. The van der Waals surface area contributed by atoms with Crippen LogP contribution < -0.4 is 4.74 Å². The molecular weight excluding hydrogens is 202 g/mol. The van der Waals surface area contributed by atoms with Crippen LogP contribution in [0.4, 0.5) is 0 Å². The second kappa shape index (κ2) is 2.95. The van der Waals surface area contributed by atoms with E-state index in [1.54, 1.807) is 6.07 Å². The van der Waals surface area contributed by atoms with Crippen molar-refractivity contribution in [2.45, 2.75) is 25.9 Å². The molecule has 0 amide bonds. The molecule has 1 aliphatic heterocycles. The number of fused-ring (bicyclic) bond motifs is 1. The maximum atomic E-state index is 11.6. The van der Waals surface area contributed by atoms with Gasteiger partial charge in [-0.3, -0.25) is 4.79 Å². The fourth-order valence-electron chi connectivity index (χ4n) is 1.52. The normalized spacial score (nSPS) is 18.6. The fraction of sp³-hybridized carbons (Fsp3) is 0.400.